The summed E-state index contributed by atoms with van der Waals surface area (Å²) in [7, 11) is 0. The third kappa shape index (κ3) is 2.81. The fourth-order valence-electron chi connectivity index (χ4n) is 3.13. The zero-order valence-electron chi connectivity index (χ0n) is 14.1. The second-order valence-corrected chi connectivity index (χ2v) is 7.10. The molecule has 0 aliphatic rings. The molecule has 2 aromatic carbocycles. The minimum Gasteiger partial charge on any atom is -0.503 e. The molecule has 4 nitrogen and oxygen atoms in total. The molecule has 0 bridgehead atoms. The number of aliphatic hydroxyl groups is 1. The average molecular weight is 363 g/mol. The van der Waals surface area contributed by atoms with Crippen molar-refractivity contribution in [2.24, 2.45) is 0 Å². The van der Waals surface area contributed by atoms with Gasteiger partial charge in [-0.2, -0.15) is 0 Å². The first-order chi connectivity index (χ1) is 12.5. The number of aromatic hydroxyl groups is 1. The molecule has 2 N–H and O–H groups in total. The van der Waals surface area contributed by atoms with Gasteiger partial charge in [0.05, 0.1) is 18.0 Å². The van der Waals surface area contributed by atoms with E-state index in [4.69, 9.17) is 0 Å². The lowest BCUT2D eigenvalue weighted by atomic mass is 10.0. The highest BCUT2D eigenvalue weighted by Gasteiger charge is 2.13. The summed E-state index contributed by atoms with van der Waals surface area (Å²) in [6.45, 7) is 1.60. The van der Waals surface area contributed by atoms with Crippen LogP contribution >= 0.6 is 11.3 Å². The fourth-order valence-corrected chi connectivity index (χ4v) is 4.06. The third-order valence-corrected chi connectivity index (χ3v) is 5.37. The number of hydrogen-bond acceptors (Lipinski definition) is 4. The van der Waals surface area contributed by atoms with Crippen LogP contribution in [0.15, 0.2) is 71.0 Å². The van der Waals surface area contributed by atoms with Crippen LogP contribution in [-0.2, 0) is 0 Å². The van der Waals surface area contributed by atoms with E-state index < -0.39 is 11.5 Å². The first-order valence-electron chi connectivity index (χ1n) is 8.25. The van der Waals surface area contributed by atoms with Crippen LogP contribution in [0.1, 0.15) is 18.7 Å². The summed E-state index contributed by atoms with van der Waals surface area (Å²) in [6, 6.07) is 17.4. The first-order valence-corrected chi connectivity index (χ1v) is 9.13. The number of aromatic nitrogens is 1. The van der Waals surface area contributed by atoms with Gasteiger partial charge in [-0.3, -0.25) is 4.79 Å². The molecule has 2 aromatic heterocycles. The van der Waals surface area contributed by atoms with Gasteiger partial charge in [-0.1, -0.05) is 30.3 Å². The van der Waals surface area contributed by atoms with Crippen LogP contribution in [-0.4, -0.2) is 14.8 Å². The predicted octanol–water partition coefficient (Wildman–Crippen LogP) is 4.48. The quantitative estimate of drug-likeness (QED) is 0.564. The summed E-state index contributed by atoms with van der Waals surface area (Å²) in [4.78, 5) is 11.8. The van der Waals surface area contributed by atoms with Gasteiger partial charge in [0.2, 0.25) is 5.43 Å². The van der Waals surface area contributed by atoms with Crippen LogP contribution in [0.3, 0.4) is 0 Å². The summed E-state index contributed by atoms with van der Waals surface area (Å²) < 4.78 is 2.86. The Kier molecular flexibility index (Phi) is 4.11. The monoisotopic (exact) mass is 363 g/mol. The fraction of sp³-hybridized carbons (Fsp3) is 0.0952. The molecule has 5 heteroatoms. The molecule has 0 spiro atoms. The van der Waals surface area contributed by atoms with E-state index in [1.54, 1.807) is 22.8 Å². The smallest absolute Gasteiger partial charge is 0.223 e. The summed E-state index contributed by atoms with van der Waals surface area (Å²) in [5.41, 5.74) is 2.85. The van der Waals surface area contributed by atoms with Gasteiger partial charge in [0.1, 0.15) is 0 Å². The lowest BCUT2D eigenvalue weighted by Crippen LogP contribution is -2.13. The zero-order chi connectivity index (χ0) is 18.3. The largest absolute Gasteiger partial charge is 0.503 e. The molecule has 2 heterocycles. The molecule has 130 valence electrons. The standard InChI is InChI=1S/C21H17NO3S/c1-13(23)18-11-19(24)20(25)12-22(18)16-6-2-5-15(10-16)17-7-3-4-14-8-9-26-21(14)17/h2-13,23,25H,1H3. The number of nitrogens with zero attached hydrogens (tertiary/aromatic N) is 1. The van der Waals surface area contributed by atoms with Crippen LogP contribution in [0.4, 0.5) is 0 Å². The summed E-state index contributed by atoms with van der Waals surface area (Å²) >= 11 is 1.69. The highest BCUT2D eigenvalue weighted by Crippen LogP contribution is 2.33. The van der Waals surface area contributed by atoms with E-state index in [9.17, 15) is 15.0 Å². The van der Waals surface area contributed by atoms with Crippen molar-refractivity contribution in [1.29, 1.82) is 0 Å². The summed E-state index contributed by atoms with van der Waals surface area (Å²) in [5.74, 6) is -0.347. The van der Waals surface area contributed by atoms with Crippen LogP contribution < -0.4 is 5.43 Å². The van der Waals surface area contributed by atoms with E-state index in [1.165, 1.54) is 22.3 Å². The normalized spacial score (nSPS) is 12.4. The van der Waals surface area contributed by atoms with Crippen LogP contribution in [0.25, 0.3) is 26.9 Å². The minimum absolute atomic E-state index is 0.347. The lowest BCUT2D eigenvalue weighted by Gasteiger charge is -2.17. The number of thiophene rings is 1. The van der Waals surface area contributed by atoms with Crippen molar-refractivity contribution in [1.82, 2.24) is 4.57 Å². The van der Waals surface area contributed by atoms with Gasteiger partial charge in [0.15, 0.2) is 5.75 Å². The van der Waals surface area contributed by atoms with Crippen molar-refractivity contribution in [3.63, 3.8) is 0 Å². The van der Waals surface area contributed by atoms with E-state index in [1.807, 2.05) is 30.3 Å². The number of hydrogen-bond donors (Lipinski definition) is 2. The summed E-state index contributed by atoms with van der Waals surface area (Å²) in [6.07, 6.45) is 0.516. The van der Waals surface area contributed by atoms with Crippen molar-refractivity contribution >= 4 is 21.4 Å². The van der Waals surface area contributed by atoms with Gasteiger partial charge in [-0.15, -0.1) is 11.3 Å². The minimum atomic E-state index is -0.840. The maximum absolute atomic E-state index is 11.8. The van der Waals surface area contributed by atoms with E-state index in [0.29, 0.717) is 5.69 Å². The van der Waals surface area contributed by atoms with Crippen LogP contribution in [0.5, 0.6) is 5.75 Å². The Morgan fingerprint density at radius 1 is 1.08 bits per heavy atom. The Hall–Kier alpha value is -2.89. The maximum Gasteiger partial charge on any atom is 0.223 e. The number of aliphatic hydroxyl groups excluding tert-OH is 1. The Morgan fingerprint density at radius 3 is 2.69 bits per heavy atom. The molecular formula is C21H17NO3S. The molecule has 0 amide bonds. The predicted molar refractivity (Wildman–Crippen MR) is 105 cm³/mol. The van der Waals surface area contributed by atoms with E-state index in [-0.39, 0.29) is 5.75 Å². The van der Waals surface area contributed by atoms with Crippen molar-refractivity contribution in [2.75, 3.05) is 0 Å². The molecule has 0 saturated carbocycles. The van der Waals surface area contributed by atoms with Crippen molar-refractivity contribution in [2.45, 2.75) is 13.0 Å². The SMILES string of the molecule is CC(O)c1cc(=O)c(O)cn1-c1cccc(-c2cccc3ccsc23)c1. The Labute approximate surface area is 154 Å². The van der Waals surface area contributed by atoms with E-state index in [2.05, 4.69) is 23.6 Å². The molecule has 0 saturated heterocycles. The number of pyridine rings is 1. The van der Waals surface area contributed by atoms with E-state index >= 15 is 0 Å². The van der Waals surface area contributed by atoms with Crippen LogP contribution in [0, 0.1) is 0 Å². The van der Waals surface area contributed by atoms with Gasteiger partial charge in [0.25, 0.3) is 0 Å². The maximum atomic E-state index is 11.8. The molecular weight excluding hydrogens is 346 g/mol. The van der Waals surface area contributed by atoms with Gasteiger partial charge >= 0.3 is 0 Å². The highest BCUT2D eigenvalue weighted by molar-refractivity contribution is 7.17. The second kappa shape index (κ2) is 6.44. The van der Waals surface area contributed by atoms with Crippen LogP contribution in [0.2, 0.25) is 0 Å². The average Bonchev–Trinajstić information content (AvgIpc) is 3.12. The van der Waals surface area contributed by atoms with Crippen molar-refractivity contribution in [3.05, 3.63) is 82.1 Å². The topological polar surface area (TPSA) is 62.5 Å². The van der Waals surface area contributed by atoms with Gasteiger partial charge < -0.3 is 14.8 Å². The molecule has 0 aliphatic carbocycles. The molecule has 0 aliphatic heterocycles. The highest BCUT2D eigenvalue weighted by atomic mass is 32.1. The molecule has 1 unspecified atom stereocenters. The molecule has 1 atom stereocenters. The second-order valence-electron chi connectivity index (χ2n) is 6.19. The van der Waals surface area contributed by atoms with E-state index in [0.717, 1.165) is 16.8 Å². The lowest BCUT2D eigenvalue weighted by molar-refractivity contribution is 0.191. The first kappa shape index (κ1) is 16.6. The molecule has 4 aromatic rings. The Morgan fingerprint density at radius 2 is 1.88 bits per heavy atom. The number of fused-ring (bicyclic) bond motifs is 1. The molecule has 0 fully saturated rings. The molecule has 4 rings (SSSR count). The van der Waals surface area contributed by atoms with Crippen molar-refractivity contribution < 1.29 is 10.2 Å². The zero-order valence-corrected chi connectivity index (χ0v) is 14.9. The summed E-state index contributed by atoms with van der Waals surface area (Å²) in [5, 5.41) is 23.2. The van der Waals surface area contributed by atoms with Gasteiger partial charge in [-0.25, -0.2) is 0 Å². The Balaban J connectivity index is 1.91. The molecule has 26 heavy (non-hydrogen) atoms. The third-order valence-electron chi connectivity index (χ3n) is 4.40. The van der Waals surface area contributed by atoms with Gasteiger partial charge in [-0.05, 0) is 47.0 Å². The molecule has 0 radical (unpaired) electrons. The Bertz CT molecular complexity index is 1160. The number of benzene rings is 2. The van der Waals surface area contributed by atoms with Crippen molar-refractivity contribution in [3.8, 4) is 22.6 Å². The number of rotatable bonds is 3. The van der Waals surface area contributed by atoms with Gasteiger partial charge in [0, 0.05) is 16.5 Å².